The van der Waals surface area contributed by atoms with Crippen LogP contribution in [0.15, 0.2) is 21.3 Å². The van der Waals surface area contributed by atoms with E-state index >= 15 is 0 Å². The summed E-state index contributed by atoms with van der Waals surface area (Å²) >= 11 is 0. The number of rotatable bonds is 6. The summed E-state index contributed by atoms with van der Waals surface area (Å²) in [4.78, 5) is 16.9. The Morgan fingerprint density at radius 1 is 1.00 bits per heavy atom. The molecule has 2 aliphatic heterocycles. The zero-order chi connectivity index (χ0) is 21.8. The van der Waals surface area contributed by atoms with Gasteiger partial charge in [-0.15, -0.1) is 10.2 Å². The highest BCUT2D eigenvalue weighted by Crippen LogP contribution is 2.26. The first kappa shape index (κ1) is 22.1. The van der Waals surface area contributed by atoms with Gasteiger partial charge in [0, 0.05) is 63.3 Å². The predicted molar refractivity (Wildman–Crippen MR) is 116 cm³/mol. The van der Waals surface area contributed by atoms with E-state index in [9.17, 15) is 4.79 Å². The minimum atomic E-state index is -0.0690. The van der Waals surface area contributed by atoms with Crippen LogP contribution in [-0.2, 0) is 23.2 Å². The number of nitrogens with zero attached hydrogens (tertiary/aromatic N) is 6. The Morgan fingerprint density at radius 2 is 1.71 bits per heavy atom. The van der Waals surface area contributed by atoms with Crippen LogP contribution in [0.25, 0.3) is 0 Å². The smallest absolute Gasteiger partial charge is 0.266 e. The number of ether oxygens (including phenoxy) is 1. The molecule has 170 valence electrons. The Morgan fingerprint density at radius 3 is 2.42 bits per heavy atom. The molecule has 0 N–H and O–H groups in total. The topological polar surface area (TPSA) is 89.5 Å². The van der Waals surface area contributed by atoms with Gasteiger partial charge in [-0.25, -0.2) is 4.68 Å². The van der Waals surface area contributed by atoms with Gasteiger partial charge in [0.05, 0.1) is 18.8 Å². The zero-order valence-corrected chi connectivity index (χ0v) is 18.9. The van der Waals surface area contributed by atoms with Gasteiger partial charge < -0.3 is 9.15 Å². The van der Waals surface area contributed by atoms with E-state index in [-0.39, 0.29) is 11.0 Å². The van der Waals surface area contributed by atoms with Gasteiger partial charge >= 0.3 is 0 Å². The molecule has 0 atom stereocenters. The molecule has 2 fully saturated rings. The van der Waals surface area contributed by atoms with E-state index in [2.05, 4.69) is 45.9 Å². The molecule has 2 aliphatic rings. The van der Waals surface area contributed by atoms with Gasteiger partial charge in [-0.05, 0) is 18.9 Å². The van der Waals surface area contributed by atoms with Crippen LogP contribution in [0.1, 0.15) is 57.0 Å². The maximum Gasteiger partial charge on any atom is 0.266 e. The second kappa shape index (κ2) is 9.58. The predicted octanol–water partition coefficient (Wildman–Crippen LogP) is 1.64. The summed E-state index contributed by atoms with van der Waals surface area (Å²) < 4.78 is 12.9. The molecular weight excluding hydrogens is 396 g/mol. The zero-order valence-electron chi connectivity index (χ0n) is 18.9. The molecule has 9 nitrogen and oxygen atoms in total. The molecule has 4 heterocycles. The summed E-state index contributed by atoms with van der Waals surface area (Å²) in [5, 5.41) is 13.1. The minimum Gasteiger partial charge on any atom is -0.424 e. The van der Waals surface area contributed by atoms with E-state index in [4.69, 9.17) is 9.15 Å². The van der Waals surface area contributed by atoms with Crippen LogP contribution in [0, 0.1) is 0 Å². The number of hydrogen-bond donors (Lipinski definition) is 0. The van der Waals surface area contributed by atoms with Crippen molar-refractivity contribution in [2.45, 2.75) is 58.0 Å². The fraction of sp³-hybridized carbons (Fsp3) is 0.727. The second-order valence-electron chi connectivity index (χ2n) is 9.57. The van der Waals surface area contributed by atoms with Gasteiger partial charge in [0.1, 0.15) is 0 Å². The van der Waals surface area contributed by atoms with Crippen molar-refractivity contribution in [2.75, 3.05) is 45.9 Å². The molecule has 4 rings (SSSR count). The first-order valence-corrected chi connectivity index (χ1v) is 11.3. The first-order chi connectivity index (χ1) is 14.9. The van der Waals surface area contributed by atoms with Crippen molar-refractivity contribution in [1.82, 2.24) is 29.8 Å². The lowest BCUT2D eigenvalue weighted by atomic mass is 9.92. The summed E-state index contributed by atoms with van der Waals surface area (Å²) in [6.07, 6.45) is 1.91. The molecule has 31 heavy (non-hydrogen) atoms. The molecule has 9 heteroatoms. The first-order valence-electron chi connectivity index (χ1n) is 11.3. The fourth-order valence-electron chi connectivity index (χ4n) is 4.05. The van der Waals surface area contributed by atoms with Crippen LogP contribution in [0.2, 0.25) is 0 Å². The Bertz CT molecular complexity index is 904. The van der Waals surface area contributed by atoms with Gasteiger partial charge in [-0.3, -0.25) is 14.6 Å². The van der Waals surface area contributed by atoms with E-state index in [1.165, 1.54) is 0 Å². The fourth-order valence-corrected chi connectivity index (χ4v) is 4.05. The highest BCUT2D eigenvalue weighted by Gasteiger charge is 2.24. The summed E-state index contributed by atoms with van der Waals surface area (Å²) in [6, 6.07) is 3.47. The van der Waals surface area contributed by atoms with Gasteiger partial charge in [-0.1, -0.05) is 20.8 Å². The van der Waals surface area contributed by atoms with Crippen molar-refractivity contribution in [2.24, 2.45) is 0 Å². The Balaban J connectivity index is 1.24. The van der Waals surface area contributed by atoms with E-state index in [0.717, 1.165) is 70.4 Å². The number of hydrogen-bond acceptors (Lipinski definition) is 8. The molecule has 0 unspecified atom stereocenters. The maximum absolute atomic E-state index is 12.2. The average Bonchev–Trinajstić information content (AvgIpc) is 3.22. The Kier molecular flexibility index (Phi) is 6.83. The Labute approximate surface area is 183 Å². The molecule has 2 aromatic rings. The van der Waals surface area contributed by atoms with Crippen LogP contribution in [-0.4, -0.2) is 75.7 Å². The Hall–Kier alpha value is -2.10. The standard InChI is InChI=1S/C22H34N6O3/c1-22(2,3)18-4-5-20(29)28(25-18)13-12-26-8-10-27(11-9-26)16-19-23-24-21(31-19)17-6-14-30-15-7-17/h4-5,17H,6-16H2,1-3H3. The number of piperazine rings is 1. The van der Waals surface area contributed by atoms with Crippen LogP contribution < -0.4 is 5.56 Å². The van der Waals surface area contributed by atoms with Crippen LogP contribution in [0.3, 0.4) is 0 Å². The van der Waals surface area contributed by atoms with E-state index in [1.54, 1.807) is 10.7 Å². The average molecular weight is 431 g/mol. The summed E-state index contributed by atoms with van der Waals surface area (Å²) in [6.45, 7) is 13.8. The van der Waals surface area contributed by atoms with Crippen molar-refractivity contribution in [3.05, 3.63) is 40.0 Å². The van der Waals surface area contributed by atoms with Crippen LogP contribution in [0.5, 0.6) is 0 Å². The van der Waals surface area contributed by atoms with Crippen molar-refractivity contribution < 1.29 is 9.15 Å². The minimum absolute atomic E-state index is 0.0386. The second-order valence-corrected chi connectivity index (χ2v) is 9.57. The molecule has 0 bridgehead atoms. The van der Waals surface area contributed by atoms with E-state index < -0.39 is 0 Å². The molecular formula is C22H34N6O3. The van der Waals surface area contributed by atoms with Crippen molar-refractivity contribution in [3.8, 4) is 0 Å². The van der Waals surface area contributed by atoms with E-state index in [1.807, 2.05) is 6.07 Å². The molecule has 0 aliphatic carbocycles. The van der Waals surface area contributed by atoms with Gasteiger partial charge in [0.25, 0.3) is 5.56 Å². The summed E-state index contributed by atoms with van der Waals surface area (Å²) in [5.41, 5.74) is 0.834. The van der Waals surface area contributed by atoms with E-state index in [0.29, 0.717) is 24.9 Å². The number of aromatic nitrogens is 4. The summed E-state index contributed by atoms with van der Waals surface area (Å²) in [7, 11) is 0. The molecule has 0 radical (unpaired) electrons. The molecule has 0 amide bonds. The third-order valence-corrected chi connectivity index (χ3v) is 6.14. The molecule has 2 saturated heterocycles. The maximum atomic E-state index is 12.2. The largest absolute Gasteiger partial charge is 0.424 e. The van der Waals surface area contributed by atoms with Gasteiger partial charge in [0.15, 0.2) is 0 Å². The summed E-state index contributed by atoms with van der Waals surface area (Å²) in [5.74, 6) is 1.79. The normalized spacial score (nSPS) is 19.7. The van der Waals surface area contributed by atoms with Crippen molar-refractivity contribution in [3.63, 3.8) is 0 Å². The lowest BCUT2D eigenvalue weighted by Crippen LogP contribution is -2.47. The third-order valence-electron chi connectivity index (χ3n) is 6.14. The van der Waals surface area contributed by atoms with Crippen molar-refractivity contribution >= 4 is 0 Å². The van der Waals surface area contributed by atoms with Gasteiger partial charge in [-0.2, -0.15) is 5.10 Å². The van der Waals surface area contributed by atoms with Crippen molar-refractivity contribution in [1.29, 1.82) is 0 Å². The third kappa shape index (κ3) is 5.78. The van der Waals surface area contributed by atoms with Crippen LogP contribution in [0.4, 0.5) is 0 Å². The lowest BCUT2D eigenvalue weighted by molar-refractivity contribution is 0.0782. The SMILES string of the molecule is CC(C)(C)c1ccc(=O)n(CCN2CCN(Cc3nnc(C4CCOCC4)o3)CC2)n1. The highest BCUT2D eigenvalue weighted by atomic mass is 16.5. The molecule has 2 aromatic heterocycles. The molecule has 0 aromatic carbocycles. The quantitative estimate of drug-likeness (QED) is 0.683. The highest BCUT2D eigenvalue weighted by molar-refractivity contribution is 5.10. The molecule has 0 saturated carbocycles. The van der Waals surface area contributed by atoms with Crippen LogP contribution >= 0.6 is 0 Å². The monoisotopic (exact) mass is 430 g/mol. The van der Waals surface area contributed by atoms with Gasteiger partial charge in [0.2, 0.25) is 11.8 Å². The lowest BCUT2D eigenvalue weighted by Gasteiger charge is -2.33. The molecule has 0 spiro atoms.